The van der Waals surface area contributed by atoms with Crippen LogP contribution in [0.5, 0.6) is 17.2 Å². The lowest BCUT2D eigenvalue weighted by Crippen LogP contribution is -2.75. The van der Waals surface area contributed by atoms with Gasteiger partial charge in [0.15, 0.2) is 22.8 Å². The number of allylic oxidation sites excluding steroid dienone is 5. The van der Waals surface area contributed by atoms with E-state index in [4.69, 9.17) is 34.2 Å². The van der Waals surface area contributed by atoms with Gasteiger partial charge in [0, 0.05) is 70.7 Å². The van der Waals surface area contributed by atoms with Crippen LogP contribution in [0, 0.1) is 17.8 Å². The Balaban J connectivity index is 1.34. The smallest absolute Gasteiger partial charge is 0.333 e. The Labute approximate surface area is 414 Å². The Kier molecular flexibility index (Phi) is 12.1. The van der Waals surface area contributed by atoms with Gasteiger partial charge in [0.1, 0.15) is 47.3 Å². The van der Waals surface area contributed by atoms with Gasteiger partial charge in [-0.3, -0.25) is 9.59 Å². The number of aliphatic hydroxyl groups excluding tert-OH is 4. The summed E-state index contributed by atoms with van der Waals surface area (Å²) in [7, 11) is 1.30. The molecule has 5 aliphatic heterocycles. The fraction of sp³-hybridized carbons (Fsp3) is 0.518. The summed E-state index contributed by atoms with van der Waals surface area (Å²) in [5.41, 5.74) is 8.91. The van der Waals surface area contributed by atoms with Crippen molar-refractivity contribution in [2.75, 3.05) is 26.8 Å². The number of Topliss-reactive ketones (excluding diaryl/α,β-unsaturated/α-hetero) is 2. The SMILES string of the molecule is COC(=O)/C(C)=C\CC12OC(C)(C)C3CC(C1=O)C1C4=C(c5ccccc5C4=O)N(CCN)C4=C1C32Oc1c(CC=C(C)C)c2c(c(O[C@@H]3O[C@H](CO)[C@@H](O)[C@H](O)[C@H]3O)c14)C=CC(C)(CCC=C(C)C)O2. The van der Waals surface area contributed by atoms with Crippen LogP contribution in [0.25, 0.3) is 17.5 Å². The molecule has 6 N–H and O–H groups in total. The molecule has 71 heavy (non-hydrogen) atoms. The van der Waals surface area contributed by atoms with Crippen molar-refractivity contribution in [2.45, 2.75) is 141 Å². The molecule has 11 atom stereocenters. The van der Waals surface area contributed by atoms with Crippen LogP contribution >= 0.6 is 0 Å². The maximum absolute atomic E-state index is 16.1. The maximum Gasteiger partial charge on any atom is 0.333 e. The Bertz CT molecular complexity index is 2830. The van der Waals surface area contributed by atoms with Crippen LogP contribution in [0.15, 0.2) is 76.4 Å². The van der Waals surface area contributed by atoms with E-state index in [9.17, 15) is 25.2 Å². The number of rotatable bonds is 13. The third kappa shape index (κ3) is 7.04. The van der Waals surface area contributed by atoms with Crippen molar-refractivity contribution in [1.82, 2.24) is 4.90 Å². The zero-order valence-corrected chi connectivity index (χ0v) is 42.0. The van der Waals surface area contributed by atoms with Gasteiger partial charge in [-0.05, 0) is 93.2 Å². The van der Waals surface area contributed by atoms with Gasteiger partial charge in [0.2, 0.25) is 6.29 Å². The Morgan fingerprint density at radius 1 is 0.930 bits per heavy atom. The van der Waals surface area contributed by atoms with Crippen molar-refractivity contribution in [2.24, 2.45) is 23.5 Å². The van der Waals surface area contributed by atoms with Crippen molar-refractivity contribution < 1.29 is 63.2 Å². The number of benzene rings is 2. The molecule has 2 aromatic rings. The predicted molar refractivity (Wildman–Crippen MR) is 263 cm³/mol. The number of ketones is 2. The molecule has 5 heterocycles. The molecule has 0 radical (unpaired) electrons. The van der Waals surface area contributed by atoms with E-state index in [1.165, 1.54) is 12.7 Å². The van der Waals surface area contributed by atoms with Crippen LogP contribution < -0.4 is 19.9 Å². The van der Waals surface area contributed by atoms with Crippen LogP contribution in [0.3, 0.4) is 0 Å². The van der Waals surface area contributed by atoms with Crippen LogP contribution in [0.4, 0.5) is 0 Å². The summed E-state index contributed by atoms with van der Waals surface area (Å²) in [5, 5.41) is 44.2. The number of nitrogens with two attached hydrogens (primary N) is 1. The van der Waals surface area contributed by atoms with Gasteiger partial charge in [-0.15, -0.1) is 0 Å². The lowest BCUT2D eigenvalue weighted by atomic mass is 9.44. The molecule has 2 aromatic carbocycles. The fourth-order valence-electron chi connectivity index (χ4n) is 13.0. The summed E-state index contributed by atoms with van der Waals surface area (Å²) >= 11 is 0. The van der Waals surface area contributed by atoms with Crippen molar-refractivity contribution in [1.29, 1.82) is 0 Å². The van der Waals surface area contributed by atoms with E-state index in [0.717, 1.165) is 5.57 Å². The number of hydrogen-bond acceptors (Lipinski definition) is 15. The van der Waals surface area contributed by atoms with Crippen LogP contribution in [0.2, 0.25) is 0 Å². The number of ether oxygens (including phenoxy) is 6. The van der Waals surface area contributed by atoms with Crippen LogP contribution in [-0.4, -0.2) is 123 Å². The molecule has 4 bridgehead atoms. The summed E-state index contributed by atoms with van der Waals surface area (Å²) in [6, 6.07) is 7.41. The Morgan fingerprint density at radius 2 is 1.65 bits per heavy atom. The van der Waals surface area contributed by atoms with E-state index in [0.29, 0.717) is 87.5 Å². The van der Waals surface area contributed by atoms with E-state index in [1.54, 1.807) is 19.1 Å². The normalized spacial score (nSPS) is 33.4. The second-order valence-corrected chi connectivity index (χ2v) is 21.7. The summed E-state index contributed by atoms with van der Waals surface area (Å²) in [4.78, 5) is 46.4. The standard InChI is InChI=1S/C56H66N2O13/c1-27(2)13-12-20-54(8)21-19-33-47(69-54)32(17-16-28(3)4)49-39(48(33)68-52-46(63)45(62)44(61)35(26-59)67-52)42-40-37(38-41(58(42)24-23-57)30-14-10-11-15-31(30)43(38)60)34-25-36-53(6,7)71-55(50(34)64,56(36,40)70-49)22-18-29(5)51(65)66-9/h10-11,13-16,18-19,21,34-37,44-46,52,59,61-63H,12,17,20,22-26,57H2,1-9H3/b29-18-/t34?,35-,36?,37?,44-,45+,46-,52+,54?,55?,56?/m1/s1. The summed E-state index contributed by atoms with van der Waals surface area (Å²) in [6.45, 7) is 15.3. The molecular formula is C56H66N2O13. The topological polar surface area (TPSA) is 217 Å². The number of methoxy groups -OCH3 is 1. The quantitative estimate of drug-likeness (QED) is 0.0897. The molecule has 0 aromatic heterocycles. The lowest BCUT2D eigenvalue weighted by Gasteiger charge is -2.63. The second kappa shape index (κ2) is 17.4. The van der Waals surface area contributed by atoms with E-state index in [2.05, 4.69) is 17.1 Å². The lowest BCUT2D eigenvalue weighted by molar-refractivity contribution is -0.277. The minimum absolute atomic E-state index is 0.0663. The first kappa shape index (κ1) is 49.2. The molecule has 6 unspecified atom stereocenters. The molecule has 5 fully saturated rings. The molecular weight excluding hydrogens is 909 g/mol. The maximum atomic E-state index is 16.1. The van der Waals surface area contributed by atoms with Crippen molar-refractivity contribution in [3.63, 3.8) is 0 Å². The first-order valence-electron chi connectivity index (χ1n) is 24.8. The van der Waals surface area contributed by atoms with E-state index < -0.39 is 83.4 Å². The van der Waals surface area contributed by atoms with Gasteiger partial charge >= 0.3 is 5.97 Å². The number of carbonyl (C=O) groups is 3. The average Bonchev–Trinajstić information content (AvgIpc) is 3.70. The molecule has 3 saturated carbocycles. The highest BCUT2D eigenvalue weighted by atomic mass is 16.7. The summed E-state index contributed by atoms with van der Waals surface area (Å²) in [5.74, 6) is -2.19. The van der Waals surface area contributed by atoms with Gasteiger partial charge in [0.25, 0.3) is 0 Å². The first-order valence-corrected chi connectivity index (χ1v) is 24.8. The average molecular weight is 975 g/mol. The molecule has 1 spiro atoms. The third-order valence-corrected chi connectivity index (χ3v) is 16.2. The van der Waals surface area contributed by atoms with Gasteiger partial charge in [0.05, 0.1) is 41.8 Å². The van der Waals surface area contributed by atoms with Crippen molar-refractivity contribution in [3.05, 3.63) is 104 Å². The highest BCUT2D eigenvalue weighted by Crippen LogP contribution is 2.75. The Hall–Kier alpha value is -5.39. The van der Waals surface area contributed by atoms with Crippen molar-refractivity contribution in [3.8, 4) is 17.2 Å². The number of hydrogen-bond donors (Lipinski definition) is 5. The molecule has 9 aliphatic rings. The minimum Gasteiger partial charge on any atom is -0.482 e. The number of esters is 1. The summed E-state index contributed by atoms with van der Waals surface area (Å²) < 4.78 is 40.8. The van der Waals surface area contributed by atoms with Crippen LogP contribution in [0.1, 0.15) is 114 Å². The number of fused-ring (bicyclic) bond motifs is 5. The zero-order chi connectivity index (χ0) is 50.9. The van der Waals surface area contributed by atoms with Gasteiger partial charge in [-0.2, -0.15) is 0 Å². The number of carbonyl (C=O) groups excluding carboxylic acids is 3. The molecule has 378 valence electrons. The van der Waals surface area contributed by atoms with Gasteiger partial charge in [-0.25, -0.2) is 4.79 Å². The molecule has 11 rings (SSSR count). The predicted octanol–water partition coefficient (Wildman–Crippen LogP) is 5.90. The fourth-order valence-corrected chi connectivity index (χ4v) is 13.0. The number of nitrogens with zero attached hydrogens (tertiary/aromatic N) is 1. The molecule has 4 aliphatic carbocycles. The van der Waals surface area contributed by atoms with E-state index >= 15 is 9.59 Å². The van der Waals surface area contributed by atoms with Crippen molar-refractivity contribution >= 4 is 35.0 Å². The molecule has 2 saturated heterocycles. The largest absolute Gasteiger partial charge is 0.482 e. The van der Waals surface area contributed by atoms with Gasteiger partial charge < -0.3 is 59.5 Å². The minimum atomic E-state index is -1.80. The van der Waals surface area contributed by atoms with E-state index in [-0.39, 0.29) is 42.4 Å². The highest BCUT2D eigenvalue weighted by Gasteiger charge is 2.84. The molecule has 0 amide bonds. The molecule has 15 heteroatoms. The van der Waals surface area contributed by atoms with Gasteiger partial charge in [-0.1, -0.05) is 53.6 Å². The zero-order valence-electron chi connectivity index (χ0n) is 42.0. The highest BCUT2D eigenvalue weighted by molar-refractivity contribution is 6.23. The number of aliphatic hydroxyl groups is 4. The Morgan fingerprint density at radius 3 is 2.32 bits per heavy atom. The molecule has 15 nitrogen and oxygen atoms in total. The summed E-state index contributed by atoms with van der Waals surface area (Å²) in [6.07, 6.45) is 3.52. The van der Waals surface area contributed by atoms with E-state index in [1.807, 2.05) is 78.8 Å². The third-order valence-electron chi connectivity index (χ3n) is 16.2. The second-order valence-electron chi connectivity index (χ2n) is 21.7. The van der Waals surface area contributed by atoms with Crippen LogP contribution in [-0.2, 0) is 30.2 Å². The first-order chi connectivity index (χ1) is 33.7. The monoisotopic (exact) mass is 974 g/mol.